The molecule has 3 heterocycles. The molecule has 1 unspecified atom stereocenters. The first-order chi connectivity index (χ1) is 10.3. The van der Waals surface area contributed by atoms with Crippen LogP contribution in [0.15, 0.2) is 28.3 Å². The van der Waals surface area contributed by atoms with Crippen molar-refractivity contribution >= 4 is 21.8 Å². The van der Waals surface area contributed by atoms with Crippen LogP contribution in [0.5, 0.6) is 0 Å². The number of amidine groups is 1. The molecule has 7 nitrogen and oxygen atoms in total. The molecule has 22 heavy (non-hydrogen) atoms. The molecular formula is C14H20N4O3S. The molecule has 0 aliphatic carbocycles. The Morgan fingerprint density at radius 1 is 1.41 bits per heavy atom. The molecule has 0 bridgehead atoms. The van der Waals surface area contributed by atoms with Gasteiger partial charge in [0.2, 0.25) is 0 Å². The summed E-state index contributed by atoms with van der Waals surface area (Å²) in [7, 11) is -3.37. The van der Waals surface area contributed by atoms with E-state index in [0.29, 0.717) is 37.6 Å². The van der Waals surface area contributed by atoms with Gasteiger partial charge in [-0.15, -0.1) is 4.40 Å². The van der Waals surface area contributed by atoms with Gasteiger partial charge in [0.1, 0.15) is 5.84 Å². The second-order valence-electron chi connectivity index (χ2n) is 6.34. The minimum absolute atomic E-state index is 0.0135. The predicted octanol–water partition coefficient (Wildman–Crippen LogP) is -0.319. The van der Waals surface area contributed by atoms with E-state index in [1.165, 1.54) is 0 Å². The zero-order chi connectivity index (χ0) is 16.0. The van der Waals surface area contributed by atoms with E-state index in [9.17, 15) is 13.2 Å². The van der Waals surface area contributed by atoms with Crippen molar-refractivity contribution < 1.29 is 13.2 Å². The smallest absolute Gasteiger partial charge is 0.256 e. The Bertz CT molecular complexity index is 695. The maximum absolute atomic E-state index is 12.6. The third-order valence-corrected chi connectivity index (χ3v) is 5.57. The molecule has 0 radical (unpaired) electrons. The summed E-state index contributed by atoms with van der Waals surface area (Å²) in [5, 5.41) is 0. The van der Waals surface area contributed by atoms with Crippen LogP contribution >= 0.6 is 0 Å². The minimum Gasteiger partial charge on any atom is -0.338 e. The molecule has 0 aromatic rings. The molecule has 1 fully saturated rings. The number of sulfonamides is 1. The molecule has 120 valence electrons. The number of nitrogens with two attached hydrogens (primary N) is 1. The second kappa shape index (κ2) is 5.20. The number of fused-ring (bicyclic) bond motifs is 1. The van der Waals surface area contributed by atoms with Gasteiger partial charge in [-0.1, -0.05) is 6.92 Å². The van der Waals surface area contributed by atoms with E-state index in [-0.39, 0.29) is 17.1 Å². The molecule has 8 heteroatoms. The van der Waals surface area contributed by atoms with Crippen molar-refractivity contribution in [3.8, 4) is 0 Å². The van der Waals surface area contributed by atoms with Crippen molar-refractivity contribution in [2.75, 3.05) is 31.9 Å². The lowest BCUT2D eigenvalue weighted by Crippen LogP contribution is -2.39. The standard InChI is InChI=1S/C14H20N4O3S/c1-14(9-15)4-5-18(10-14)13(19)11-2-3-12-16-22(20,21)7-6-17(12)8-11/h2-3,8H,4-7,9-10,15H2,1H3. The third-order valence-electron chi connectivity index (χ3n) is 4.41. The Balaban J connectivity index is 1.77. The summed E-state index contributed by atoms with van der Waals surface area (Å²) in [5.74, 6) is 0.300. The van der Waals surface area contributed by atoms with Crippen molar-refractivity contribution in [1.82, 2.24) is 9.80 Å². The fourth-order valence-corrected chi connectivity index (χ4v) is 3.84. The van der Waals surface area contributed by atoms with E-state index in [0.717, 1.165) is 6.42 Å². The first kappa shape index (κ1) is 15.2. The lowest BCUT2D eigenvalue weighted by Gasteiger charge is -2.28. The molecule has 3 aliphatic rings. The van der Waals surface area contributed by atoms with Crippen LogP contribution < -0.4 is 5.73 Å². The minimum atomic E-state index is -3.37. The fourth-order valence-electron chi connectivity index (χ4n) is 2.87. The number of amides is 1. The van der Waals surface area contributed by atoms with Gasteiger partial charge >= 0.3 is 0 Å². The summed E-state index contributed by atoms with van der Waals surface area (Å²) in [4.78, 5) is 16.1. The number of hydrogen-bond acceptors (Lipinski definition) is 5. The SMILES string of the molecule is CC1(CN)CCN(C(=O)C2=CN3CCS(=O)(=O)N=C3C=C2)C1. The van der Waals surface area contributed by atoms with Crippen LogP contribution in [0.2, 0.25) is 0 Å². The topological polar surface area (TPSA) is 96.1 Å². The zero-order valence-corrected chi connectivity index (χ0v) is 13.3. The maximum atomic E-state index is 12.6. The fraction of sp³-hybridized carbons (Fsp3) is 0.571. The number of carbonyl (C=O) groups excluding carboxylic acids is 1. The first-order valence-corrected chi connectivity index (χ1v) is 8.91. The van der Waals surface area contributed by atoms with Crippen molar-refractivity contribution in [2.24, 2.45) is 15.5 Å². The molecule has 1 atom stereocenters. The van der Waals surface area contributed by atoms with E-state index in [4.69, 9.17) is 5.73 Å². The van der Waals surface area contributed by atoms with Crippen LogP contribution in [0.3, 0.4) is 0 Å². The van der Waals surface area contributed by atoms with Gasteiger partial charge in [-0.2, -0.15) is 0 Å². The quantitative estimate of drug-likeness (QED) is 0.751. The van der Waals surface area contributed by atoms with Crippen molar-refractivity contribution in [1.29, 1.82) is 0 Å². The molecule has 1 saturated heterocycles. The van der Waals surface area contributed by atoms with Crippen LogP contribution in [0.1, 0.15) is 13.3 Å². The van der Waals surface area contributed by atoms with Crippen molar-refractivity contribution in [3.05, 3.63) is 23.9 Å². The summed E-state index contributed by atoms with van der Waals surface area (Å²) in [6.45, 7) is 4.33. The first-order valence-electron chi connectivity index (χ1n) is 7.30. The van der Waals surface area contributed by atoms with E-state index >= 15 is 0 Å². The van der Waals surface area contributed by atoms with Gasteiger partial charge in [-0.25, -0.2) is 8.42 Å². The van der Waals surface area contributed by atoms with Crippen LogP contribution in [0.25, 0.3) is 0 Å². The molecule has 3 rings (SSSR count). The largest absolute Gasteiger partial charge is 0.338 e. The normalized spacial score (nSPS) is 29.9. The molecule has 0 aromatic heterocycles. The lowest BCUT2D eigenvalue weighted by atomic mass is 9.90. The molecule has 3 aliphatic heterocycles. The monoisotopic (exact) mass is 324 g/mol. The Kier molecular flexibility index (Phi) is 3.60. The Morgan fingerprint density at radius 3 is 2.86 bits per heavy atom. The van der Waals surface area contributed by atoms with Gasteiger partial charge in [0.15, 0.2) is 0 Å². The summed E-state index contributed by atoms with van der Waals surface area (Å²) < 4.78 is 26.7. The highest BCUT2D eigenvalue weighted by Crippen LogP contribution is 2.30. The zero-order valence-electron chi connectivity index (χ0n) is 12.5. The van der Waals surface area contributed by atoms with Gasteiger partial charge < -0.3 is 15.5 Å². The van der Waals surface area contributed by atoms with Crippen LogP contribution in [-0.4, -0.2) is 61.9 Å². The molecule has 1 amide bonds. The Morgan fingerprint density at radius 2 is 2.18 bits per heavy atom. The molecule has 0 spiro atoms. The number of hydrogen-bond donors (Lipinski definition) is 1. The van der Waals surface area contributed by atoms with Gasteiger partial charge in [-0.3, -0.25) is 4.79 Å². The highest BCUT2D eigenvalue weighted by molar-refractivity contribution is 7.90. The Hall–Kier alpha value is -1.67. The summed E-state index contributed by atoms with van der Waals surface area (Å²) >= 11 is 0. The summed E-state index contributed by atoms with van der Waals surface area (Å²) in [6.07, 6.45) is 5.81. The highest BCUT2D eigenvalue weighted by Gasteiger charge is 2.36. The molecule has 0 saturated carbocycles. The molecule has 2 N–H and O–H groups in total. The number of carbonyl (C=O) groups is 1. The van der Waals surface area contributed by atoms with Crippen molar-refractivity contribution in [2.45, 2.75) is 13.3 Å². The molecule has 0 aromatic carbocycles. The third kappa shape index (κ3) is 2.80. The van der Waals surface area contributed by atoms with Gasteiger partial charge in [0.05, 0.1) is 11.3 Å². The molecular weight excluding hydrogens is 304 g/mol. The highest BCUT2D eigenvalue weighted by atomic mass is 32.2. The maximum Gasteiger partial charge on any atom is 0.256 e. The van der Waals surface area contributed by atoms with E-state index in [2.05, 4.69) is 11.3 Å². The Labute approximate surface area is 130 Å². The average molecular weight is 324 g/mol. The summed E-state index contributed by atoms with van der Waals surface area (Å²) in [5.41, 5.74) is 6.32. The van der Waals surface area contributed by atoms with E-state index < -0.39 is 10.0 Å². The summed E-state index contributed by atoms with van der Waals surface area (Å²) in [6, 6.07) is 0. The van der Waals surface area contributed by atoms with Gasteiger partial charge in [0, 0.05) is 25.8 Å². The number of likely N-dealkylation sites (tertiary alicyclic amines) is 1. The lowest BCUT2D eigenvalue weighted by molar-refractivity contribution is -0.126. The average Bonchev–Trinajstić information content (AvgIpc) is 2.88. The number of nitrogens with zero attached hydrogens (tertiary/aromatic N) is 3. The van der Waals surface area contributed by atoms with Crippen molar-refractivity contribution in [3.63, 3.8) is 0 Å². The van der Waals surface area contributed by atoms with Crippen LogP contribution in [0.4, 0.5) is 0 Å². The van der Waals surface area contributed by atoms with Gasteiger partial charge in [-0.05, 0) is 30.5 Å². The number of rotatable bonds is 2. The van der Waals surface area contributed by atoms with Crippen LogP contribution in [-0.2, 0) is 14.8 Å². The van der Waals surface area contributed by atoms with Crippen LogP contribution in [0, 0.1) is 5.41 Å². The van der Waals surface area contributed by atoms with Gasteiger partial charge in [0.25, 0.3) is 15.9 Å². The van der Waals surface area contributed by atoms with E-state index in [1.807, 2.05) is 4.90 Å². The van der Waals surface area contributed by atoms with E-state index in [1.54, 1.807) is 23.3 Å². The predicted molar refractivity (Wildman–Crippen MR) is 83.5 cm³/mol. The second-order valence-corrected chi connectivity index (χ2v) is 8.09.